The SMILES string of the molecule is COC(=O)c1cn(S(=O)(=O)c2cccc3c2ccn3C)c(-c2ccc(F)cc2F)c1OC. The van der Waals surface area contributed by atoms with E-state index in [4.69, 9.17) is 9.47 Å². The van der Waals surface area contributed by atoms with E-state index in [1.54, 1.807) is 36.0 Å². The second-order valence-corrected chi connectivity index (χ2v) is 8.74. The summed E-state index contributed by atoms with van der Waals surface area (Å²) in [7, 11) is -0.255. The summed E-state index contributed by atoms with van der Waals surface area (Å²) in [5.41, 5.74) is -0.0917. The van der Waals surface area contributed by atoms with Gasteiger partial charge in [-0.05, 0) is 30.3 Å². The van der Waals surface area contributed by atoms with E-state index in [1.165, 1.54) is 13.2 Å². The molecule has 2 heterocycles. The number of fused-ring (bicyclic) bond motifs is 1. The summed E-state index contributed by atoms with van der Waals surface area (Å²) in [4.78, 5) is 12.3. The number of ether oxygens (including phenoxy) is 2. The summed E-state index contributed by atoms with van der Waals surface area (Å²) in [6, 6.07) is 9.07. The molecule has 0 saturated heterocycles. The molecular formula is C22H18F2N2O5S. The lowest BCUT2D eigenvalue weighted by molar-refractivity contribution is 0.0597. The number of rotatable bonds is 5. The Kier molecular flexibility index (Phi) is 5.25. The number of hydrogen-bond acceptors (Lipinski definition) is 5. The van der Waals surface area contributed by atoms with Crippen LogP contribution in [0.4, 0.5) is 8.78 Å². The quantitative estimate of drug-likeness (QED) is 0.422. The molecule has 0 aliphatic rings. The molecule has 0 fully saturated rings. The minimum absolute atomic E-state index is 0.0616. The number of esters is 1. The van der Waals surface area contributed by atoms with Crippen LogP contribution >= 0.6 is 0 Å². The lowest BCUT2D eigenvalue weighted by atomic mass is 10.1. The second kappa shape index (κ2) is 7.79. The molecule has 4 aromatic rings. The van der Waals surface area contributed by atoms with Crippen LogP contribution in [0.25, 0.3) is 22.2 Å². The molecule has 0 saturated carbocycles. The van der Waals surface area contributed by atoms with Crippen LogP contribution in [0.5, 0.6) is 5.75 Å². The van der Waals surface area contributed by atoms with Gasteiger partial charge in [-0.1, -0.05) is 6.07 Å². The van der Waals surface area contributed by atoms with Crippen molar-refractivity contribution in [1.82, 2.24) is 8.54 Å². The van der Waals surface area contributed by atoms with Gasteiger partial charge >= 0.3 is 5.97 Å². The molecule has 32 heavy (non-hydrogen) atoms. The maximum atomic E-state index is 14.7. The Morgan fingerprint density at radius 3 is 2.47 bits per heavy atom. The monoisotopic (exact) mass is 460 g/mol. The maximum Gasteiger partial charge on any atom is 0.343 e. The molecule has 0 atom stereocenters. The number of carbonyl (C=O) groups is 1. The van der Waals surface area contributed by atoms with Gasteiger partial charge in [-0.15, -0.1) is 0 Å². The van der Waals surface area contributed by atoms with Crippen LogP contribution in [0, 0.1) is 11.6 Å². The van der Waals surface area contributed by atoms with E-state index in [2.05, 4.69) is 0 Å². The smallest absolute Gasteiger partial charge is 0.343 e. The number of hydrogen-bond donors (Lipinski definition) is 0. The molecule has 4 rings (SSSR count). The molecule has 10 heteroatoms. The molecule has 7 nitrogen and oxygen atoms in total. The van der Waals surface area contributed by atoms with Gasteiger partial charge in [-0.3, -0.25) is 0 Å². The van der Waals surface area contributed by atoms with E-state index >= 15 is 0 Å². The van der Waals surface area contributed by atoms with Crippen molar-refractivity contribution in [3.63, 3.8) is 0 Å². The van der Waals surface area contributed by atoms with Crippen molar-refractivity contribution in [2.24, 2.45) is 7.05 Å². The predicted octanol–water partition coefficient (Wildman–Crippen LogP) is 3.96. The number of halogens is 2. The van der Waals surface area contributed by atoms with Crippen molar-refractivity contribution >= 4 is 26.9 Å². The lowest BCUT2D eigenvalue weighted by Crippen LogP contribution is -2.14. The highest BCUT2D eigenvalue weighted by Crippen LogP contribution is 2.40. The van der Waals surface area contributed by atoms with Gasteiger partial charge in [0, 0.05) is 42.0 Å². The van der Waals surface area contributed by atoms with E-state index in [0.717, 1.165) is 29.4 Å². The van der Waals surface area contributed by atoms with Gasteiger partial charge < -0.3 is 14.0 Å². The van der Waals surface area contributed by atoms with Crippen molar-refractivity contribution in [2.45, 2.75) is 4.90 Å². The highest BCUT2D eigenvalue weighted by molar-refractivity contribution is 7.90. The fourth-order valence-electron chi connectivity index (χ4n) is 3.65. The summed E-state index contributed by atoms with van der Waals surface area (Å²) in [6.45, 7) is 0. The predicted molar refractivity (Wildman–Crippen MR) is 113 cm³/mol. The molecule has 0 bridgehead atoms. The van der Waals surface area contributed by atoms with Gasteiger partial charge in [0.15, 0.2) is 5.75 Å². The summed E-state index contributed by atoms with van der Waals surface area (Å²) in [5, 5.41) is 0.438. The molecule has 0 radical (unpaired) electrons. The minimum Gasteiger partial charge on any atom is -0.494 e. The van der Waals surface area contributed by atoms with Gasteiger partial charge in [0.25, 0.3) is 10.0 Å². The summed E-state index contributed by atoms with van der Waals surface area (Å²) in [6.07, 6.45) is 2.72. The summed E-state index contributed by atoms with van der Waals surface area (Å²) >= 11 is 0. The number of benzene rings is 2. The third-order valence-electron chi connectivity index (χ3n) is 5.15. The van der Waals surface area contributed by atoms with Gasteiger partial charge in [-0.2, -0.15) is 0 Å². The molecule has 2 aromatic carbocycles. The highest BCUT2D eigenvalue weighted by Gasteiger charge is 2.32. The zero-order valence-electron chi connectivity index (χ0n) is 17.3. The molecule has 2 aromatic heterocycles. The largest absolute Gasteiger partial charge is 0.494 e. The summed E-state index contributed by atoms with van der Waals surface area (Å²) in [5.74, 6) is -2.95. The third kappa shape index (κ3) is 3.23. The normalized spacial score (nSPS) is 11.7. The van der Waals surface area contributed by atoms with E-state index in [-0.39, 0.29) is 27.5 Å². The van der Waals surface area contributed by atoms with Gasteiger partial charge in [0.2, 0.25) is 0 Å². The van der Waals surface area contributed by atoms with E-state index in [1.807, 2.05) is 0 Å². The molecule has 0 unspecified atom stereocenters. The van der Waals surface area contributed by atoms with Crippen LogP contribution < -0.4 is 4.74 Å². The van der Waals surface area contributed by atoms with Gasteiger partial charge in [0.05, 0.1) is 19.1 Å². The molecule has 0 aliphatic carbocycles. The fraction of sp³-hybridized carbons (Fsp3) is 0.136. The molecule has 0 spiro atoms. The average Bonchev–Trinajstić information content (AvgIpc) is 3.34. The number of aryl methyl sites for hydroxylation is 1. The minimum atomic E-state index is -4.36. The van der Waals surface area contributed by atoms with Crippen LogP contribution in [0.2, 0.25) is 0 Å². The van der Waals surface area contributed by atoms with Crippen LogP contribution in [0.3, 0.4) is 0 Å². The molecule has 166 valence electrons. The molecule has 0 N–H and O–H groups in total. The maximum absolute atomic E-state index is 14.7. The zero-order valence-corrected chi connectivity index (χ0v) is 18.1. The molecular weight excluding hydrogens is 442 g/mol. The van der Waals surface area contributed by atoms with E-state index < -0.39 is 27.6 Å². The third-order valence-corrected chi connectivity index (χ3v) is 6.86. The molecule has 0 aliphatic heterocycles. The Bertz CT molecular complexity index is 1470. The highest BCUT2D eigenvalue weighted by atomic mass is 32.2. The first-order chi connectivity index (χ1) is 15.2. The molecule has 0 amide bonds. The first kappa shape index (κ1) is 21.6. The van der Waals surface area contributed by atoms with E-state index in [0.29, 0.717) is 17.0 Å². The average molecular weight is 460 g/mol. The number of aromatic nitrogens is 2. The lowest BCUT2D eigenvalue weighted by Gasteiger charge is -2.14. The number of carbonyl (C=O) groups excluding carboxylic acids is 1. The Morgan fingerprint density at radius 2 is 1.81 bits per heavy atom. The summed E-state index contributed by atoms with van der Waals surface area (Å²) < 4.78 is 68.4. The van der Waals surface area contributed by atoms with Gasteiger partial charge in [-0.25, -0.2) is 26.0 Å². The standard InChI is InChI=1S/C22H18F2N2O5S/c1-25-10-9-15-18(25)5-4-6-19(15)32(28,29)26-12-16(22(27)31-3)21(30-2)20(26)14-8-7-13(23)11-17(14)24/h4-12H,1-3H3. The van der Waals surface area contributed by atoms with Crippen LogP contribution in [0.15, 0.2) is 59.8 Å². The fourth-order valence-corrected chi connectivity index (χ4v) is 5.23. The Morgan fingerprint density at radius 1 is 1.06 bits per heavy atom. The van der Waals surface area contributed by atoms with Crippen molar-refractivity contribution < 1.29 is 31.5 Å². The van der Waals surface area contributed by atoms with Crippen molar-refractivity contribution in [3.05, 3.63) is 72.1 Å². The zero-order chi connectivity index (χ0) is 23.2. The van der Waals surface area contributed by atoms with Crippen molar-refractivity contribution in [1.29, 1.82) is 0 Å². The Labute approximate surface area is 182 Å². The number of nitrogens with zero attached hydrogens (tertiary/aromatic N) is 2. The van der Waals surface area contributed by atoms with Crippen molar-refractivity contribution in [2.75, 3.05) is 14.2 Å². The number of methoxy groups -OCH3 is 2. The second-order valence-electron chi connectivity index (χ2n) is 6.96. The first-order valence-electron chi connectivity index (χ1n) is 9.33. The van der Waals surface area contributed by atoms with Crippen LogP contribution in [0.1, 0.15) is 10.4 Å². The van der Waals surface area contributed by atoms with Crippen molar-refractivity contribution in [3.8, 4) is 17.0 Å². The topological polar surface area (TPSA) is 79.5 Å². The van der Waals surface area contributed by atoms with E-state index in [9.17, 15) is 22.0 Å². The Hall–Kier alpha value is -3.66. The van der Waals surface area contributed by atoms with Crippen LogP contribution in [-0.4, -0.2) is 37.1 Å². The Balaban J connectivity index is 2.09. The first-order valence-corrected chi connectivity index (χ1v) is 10.8. The van der Waals surface area contributed by atoms with Gasteiger partial charge in [0.1, 0.15) is 22.9 Å². The van der Waals surface area contributed by atoms with Crippen LogP contribution in [-0.2, 0) is 21.8 Å².